The van der Waals surface area contributed by atoms with Crippen molar-refractivity contribution in [2.75, 3.05) is 67.1 Å². The molecule has 3 aliphatic carbocycles. The summed E-state index contributed by atoms with van der Waals surface area (Å²) < 4.78 is 65.1. The lowest BCUT2D eigenvalue weighted by molar-refractivity contribution is -0.158. The van der Waals surface area contributed by atoms with Gasteiger partial charge in [0, 0.05) is 32.3 Å². The number of hydrogen-bond donors (Lipinski definition) is 0. The molecule has 0 N–H and O–H groups in total. The Balaban J connectivity index is 1.12. The lowest BCUT2D eigenvalue weighted by Gasteiger charge is -2.35. The van der Waals surface area contributed by atoms with Gasteiger partial charge in [0.15, 0.2) is 0 Å². The molecule has 3 fully saturated rings. The van der Waals surface area contributed by atoms with Gasteiger partial charge < -0.3 is 56.8 Å². The fraction of sp³-hybridized carbons (Fsp3) is 0.550. The number of carbonyl (C=O) groups excluding carboxylic acids is 9. The van der Waals surface area contributed by atoms with Crippen molar-refractivity contribution in [3.8, 4) is 23.0 Å². The van der Waals surface area contributed by atoms with Gasteiger partial charge in [0.25, 0.3) is 0 Å². The van der Waals surface area contributed by atoms with E-state index < -0.39 is 70.9 Å². The molecular formula is C60H76O21. The van der Waals surface area contributed by atoms with Crippen molar-refractivity contribution in [2.45, 2.75) is 110 Å². The zero-order chi connectivity index (χ0) is 58.7. The molecule has 0 amide bonds. The molecule has 0 unspecified atom stereocenters. The van der Waals surface area contributed by atoms with Crippen LogP contribution in [0.25, 0.3) is 0 Å². The van der Waals surface area contributed by atoms with Crippen molar-refractivity contribution in [1.29, 1.82) is 0 Å². The van der Waals surface area contributed by atoms with Crippen molar-refractivity contribution in [1.82, 2.24) is 0 Å². The minimum absolute atomic E-state index is 0.000668. The van der Waals surface area contributed by atoms with Gasteiger partial charge in [-0.2, -0.15) is 0 Å². The van der Waals surface area contributed by atoms with Crippen LogP contribution in [0.5, 0.6) is 23.0 Å². The van der Waals surface area contributed by atoms with Gasteiger partial charge in [-0.05, 0) is 146 Å². The molecule has 2 aromatic rings. The zero-order valence-electron chi connectivity index (χ0n) is 46.7. The van der Waals surface area contributed by atoms with Gasteiger partial charge in [0.1, 0.15) is 53.1 Å². The molecule has 0 heterocycles. The van der Waals surface area contributed by atoms with Gasteiger partial charge in [-0.1, -0.05) is 19.7 Å². The maximum Gasteiger partial charge on any atom is 0.342 e. The number of rotatable bonds is 31. The molecule has 21 heteroatoms. The Hall–Kier alpha value is -7.39. The molecule has 21 nitrogen and oxygen atoms in total. The predicted molar refractivity (Wildman–Crippen MR) is 288 cm³/mol. The molecule has 0 aliphatic heterocycles. The van der Waals surface area contributed by atoms with E-state index in [0.717, 1.165) is 12.2 Å². The predicted octanol–water partition coefficient (Wildman–Crippen LogP) is 8.52. The number of allylic oxidation sites excluding steroid dienone is 1. The molecule has 442 valence electrons. The Morgan fingerprint density at radius 3 is 1.26 bits per heavy atom. The summed E-state index contributed by atoms with van der Waals surface area (Å²) in [4.78, 5) is 115. The van der Waals surface area contributed by atoms with E-state index in [9.17, 15) is 43.2 Å². The van der Waals surface area contributed by atoms with E-state index in [2.05, 4.69) is 19.7 Å². The van der Waals surface area contributed by atoms with Crippen molar-refractivity contribution in [3.63, 3.8) is 0 Å². The average Bonchev–Trinajstić information content (AvgIpc) is 3.47. The van der Waals surface area contributed by atoms with Gasteiger partial charge in [0.05, 0.1) is 68.7 Å². The van der Waals surface area contributed by atoms with E-state index in [1.54, 1.807) is 0 Å². The quantitative estimate of drug-likeness (QED) is 0.0171. The summed E-state index contributed by atoms with van der Waals surface area (Å²) >= 11 is 0. The summed E-state index contributed by atoms with van der Waals surface area (Å²) in [5.41, 5.74) is -0.881. The highest BCUT2D eigenvalue weighted by atomic mass is 16.6. The van der Waals surface area contributed by atoms with Crippen LogP contribution in [0.3, 0.4) is 0 Å². The minimum Gasteiger partial charge on any atom is -0.465 e. The molecule has 0 bridgehead atoms. The minimum atomic E-state index is -0.846. The monoisotopic (exact) mass is 1130 g/mol. The van der Waals surface area contributed by atoms with Crippen molar-refractivity contribution in [2.24, 2.45) is 35.0 Å². The molecule has 3 saturated carbocycles. The Bertz CT molecular complexity index is 2520. The van der Waals surface area contributed by atoms with Crippen LogP contribution in [0, 0.1) is 35.0 Å². The van der Waals surface area contributed by atoms with Gasteiger partial charge in [-0.3, -0.25) is 24.0 Å². The molecule has 0 atom stereocenters. The maximum atomic E-state index is 13.6. The highest BCUT2D eigenvalue weighted by Crippen LogP contribution is 2.43. The van der Waals surface area contributed by atoms with Crippen LogP contribution in [-0.2, 0) is 71.5 Å². The standard InChI is InChI=1S/C60H76O21/c1-7-51(61)72-29-9-11-31-74-53(63)41-13-15-44(16-14-41)56(66)81-50-24-22-46(38-48(50)58(68)76-36-34-71-6)80-55(65)43-19-17-42(18-20-43)54(64)79-45-21-23-49(47(37-45)57(67)75-35-33-70-5)78-39(3)40-25-27-60(4,28-26-40)59(69)77-32-12-10-30-73-52(62)8-2/h7-8,21-24,37-38,40-44H,1-3,9-20,25-36H2,4-6H3. The van der Waals surface area contributed by atoms with E-state index in [0.29, 0.717) is 82.8 Å². The maximum absolute atomic E-state index is 13.6. The van der Waals surface area contributed by atoms with Gasteiger partial charge in [-0.15, -0.1) is 0 Å². The Morgan fingerprint density at radius 1 is 0.457 bits per heavy atom. The summed E-state index contributed by atoms with van der Waals surface area (Å²) in [5, 5.41) is 0. The van der Waals surface area contributed by atoms with E-state index >= 15 is 0 Å². The van der Waals surface area contributed by atoms with Gasteiger partial charge in [-0.25, -0.2) is 19.2 Å². The van der Waals surface area contributed by atoms with Crippen LogP contribution >= 0.6 is 0 Å². The first-order valence-corrected chi connectivity index (χ1v) is 27.5. The molecule has 0 spiro atoms. The molecule has 0 saturated heterocycles. The van der Waals surface area contributed by atoms with E-state index in [4.69, 9.17) is 56.8 Å². The lowest BCUT2D eigenvalue weighted by Crippen LogP contribution is -2.35. The second-order valence-corrected chi connectivity index (χ2v) is 20.3. The summed E-state index contributed by atoms with van der Waals surface area (Å²) in [6.07, 6.45) is 9.05. The molecular weight excluding hydrogens is 1060 g/mol. The number of esters is 9. The van der Waals surface area contributed by atoms with E-state index in [-0.39, 0.29) is 131 Å². The molecule has 5 rings (SSSR count). The van der Waals surface area contributed by atoms with E-state index in [1.165, 1.54) is 50.6 Å². The third-order valence-electron chi connectivity index (χ3n) is 14.5. The zero-order valence-corrected chi connectivity index (χ0v) is 46.7. The van der Waals surface area contributed by atoms with Crippen LogP contribution in [-0.4, -0.2) is 121 Å². The lowest BCUT2D eigenvalue weighted by atomic mass is 9.71. The summed E-state index contributed by atoms with van der Waals surface area (Å²) in [5.74, 6) is -6.86. The third-order valence-corrected chi connectivity index (χ3v) is 14.5. The molecule has 2 aromatic carbocycles. The molecule has 0 aromatic heterocycles. The van der Waals surface area contributed by atoms with Crippen LogP contribution < -0.4 is 18.9 Å². The Labute approximate surface area is 472 Å². The van der Waals surface area contributed by atoms with Crippen LogP contribution in [0.1, 0.15) is 130 Å². The summed E-state index contributed by atoms with van der Waals surface area (Å²) in [6.45, 7) is 13.6. The summed E-state index contributed by atoms with van der Waals surface area (Å²) in [7, 11) is 2.90. The van der Waals surface area contributed by atoms with Crippen LogP contribution in [0.2, 0.25) is 0 Å². The normalized spacial score (nSPS) is 20.4. The topological polar surface area (TPSA) is 264 Å². The number of unbranched alkanes of at least 4 members (excludes halogenated alkanes) is 2. The fourth-order valence-electron chi connectivity index (χ4n) is 9.46. The fourth-order valence-corrected chi connectivity index (χ4v) is 9.46. The molecule has 81 heavy (non-hydrogen) atoms. The van der Waals surface area contributed by atoms with E-state index in [1.807, 2.05) is 6.92 Å². The first kappa shape index (κ1) is 64.4. The third kappa shape index (κ3) is 20.6. The first-order chi connectivity index (χ1) is 39.0. The Morgan fingerprint density at radius 2 is 0.840 bits per heavy atom. The number of hydrogen-bond acceptors (Lipinski definition) is 21. The van der Waals surface area contributed by atoms with Crippen molar-refractivity contribution in [3.05, 3.63) is 85.2 Å². The highest BCUT2D eigenvalue weighted by Gasteiger charge is 2.40. The first-order valence-electron chi connectivity index (χ1n) is 27.5. The molecule has 3 aliphatic rings. The van der Waals surface area contributed by atoms with Gasteiger partial charge >= 0.3 is 53.7 Å². The Kier molecular flexibility index (Phi) is 26.6. The largest absolute Gasteiger partial charge is 0.465 e. The smallest absolute Gasteiger partial charge is 0.342 e. The molecule has 0 radical (unpaired) electrons. The van der Waals surface area contributed by atoms with Crippen LogP contribution in [0.15, 0.2) is 74.0 Å². The van der Waals surface area contributed by atoms with Crippen molar-refractivity contribution < 1.29 is 100.0 Å². The number of carbonyl (C=O) groups is 9. The second kappa shape index (κ2) is 33.4. The number of benzene rings is 2. The average molecular weight is 1130 g/mol. The highest BCUT2D eigenvalue weighted by molar-refractivity contribution is 5.95. The summed E-state index contributed by atoms with van der Waals surface area (Å²) in [6, 6.07) is 8.34. The SMILES string of the molecule is C=CC(=O)OCCCCOC(=O)C1CCC(C(=O)Oc2ccc(OC(=O)C3CCC(C(=O)Oc4ccc(OC(=C)C5CCC(C)(C(=O)OCCCCOC(=O)C=C)CC5)c(C(=O)OCCOC)c4)CC3)cc2C(=O)OCCOC)CC1. The van der Waals surface area contributed by atoms with Gasteiger partial charge in [0.2, 0.25) is 0 Å². The second-order valence-electron chi connectivity index (χ2n) is 20.3. The number of methoxy groups -OCH3 is 2. The van der Waals surface area contributed by atoms with Crippen LogP contribution in [0.4, 0.5) is 0 Å². The number of ether oxygens (including phenoxy) is 12. The van der Waals surface area contributed by atoms with Crippen molar-refractivity contribution >= 4 is 53.7 Å².